The van der Waals surface area contributed by atoms with E-state index in [1.54, 1.807) is 0 Å². The van der Waals surface area contributed by atoms with Crippen LogP contribution in [0.5, 0.6) is 0 Å². The van der Waals surface area contributed by atoms with Gasteiger partial charge in [0.15, 0.2) is 0 Å². The van der Waals surface area contributed by atoms with Crippen LogP contribution in [0.4, 0.5) is 26.3 Å². The van der Waals surface area contributed by atoms with Crippen LogP contribution < -0.4 is 0 Å². The average molecular weight is 254 g/mol. The van der Waals surface area contributed by atoms with E-state index in [-0.39, 0.29) is 0 Å². The smallest absolute Gasteiger partial charge is 0.225 e. The van der Waals surface area contributed by atoms with Crippen LogP contribution in [-0.4, -0.2) is 19.4 Å². The van der Waals surface area contributed by atoms with Gasteiger partial charge in [0.05, 0.1) is 0 Å². The van der Waals surface area contributed by atoms with E-state index < -0.39 is 45.2 Å². The van der Waals surface area contributed by atoms with E-state index >= 15 is 0 Å². The molecular weight excluding hydrogens is 250 g/mol. The highest BCUT2D eigenvalue weighted by atomic mass is 32.2. The summed E-state index contributed by atoms with van der Waals surface area (Å²) < 4.78 is 91.8. The molecule has 0 saturated heterocycles. The summed E-state index contributed by atoms with van der Waals surface area (Å²) in [6, 6.07) is 0. The molecule has 0 aromatic rings. The van der Waals surface area contributed by atoms with Crippen LogP contribution in [-0.2, 0) is 9.84 Å². The third kappa shape index (κ3) is 4.36. The van der Waals surface area contributed by atoms with Crippen LogP contribution in [0.3, 0.4) is 0 Å². The fourth-order valence-corrected chi connectivity index (χ4v) is 1.35. The van der Waals surface area contributed by atoms with Gasteiger partial charge in [-0.05, 0) is 0 Å². The number of rotatable bonds is 4. The Bertz CT molecular complexity index is 335. The van der Waals surface area contributed by atoms with Gasteiger partial charge in [-0.1, -0.05) is 0 Å². The third-order valence-corrected chi connectivity index (χ3v) is 2.67. The first kappa shape index (κ1) is 14.0. The first-order valence-corrected chi connectivity index (χ1v) is 4.85. The summed E-state index contributed by atoms with van der Waals surface area (Å²) in [5.74, 6) is 0. The van der Waals surface area contributed by atoms with Crippen molar-refractivity contribution in [3.05, 3.63) is 24.3 Å². The van der Waals surface area contributed by atoms with Crippen molar-refractivity contribution in [2.45, 2.75) is 11.0 Å². The summed E-state index contributed by atoms with van der Waals surface area (Å²) in [6.07, 6.45) is -6.76. The summed E-state index contributed by atoms with van der Waals surface area (Å²) in [6.45, 7) is 0. The summed E-state index contributed by atoms with van der Waals surface area (Å²) in [4.78, 5) is 0. The highest BCUT2D eigenvalue weighted by molar-refractivity contribution is 7.92. The molecule has 0 radical (unpaired) electrons. The minimum Gasteiger partial charge on any atom is -0.225 e. The second-order valence-electron chi connectivity index (χ2n) is 2.20. The van der Waals surface area contributed by atoms with E-state index in [0.29, 0.717) is 0 Å². The normalized spacial score (nSPS) is 15.3. The van der Waals surface area contributed by atoms with Crippen LogP contribution in [0.2, 0.25) is 0 Å². The Morgan fingerprint density at radius 1 is 0.867 bits per heavy atom. The summed E-state index contributed by atoms with van der Waals surface area (Å²) in [5, 5.41) is 0. The Morgan fingerprint density at radius 3 is 1.33 bits per heavy atom. The molecule has 0 rings (SSSR count). The Morgan fingerprint density at radius 2 is 1.13 bits per heavy atom. The van der Waals surface area contributed by atoms with Crippen molar-refractivity contribution in [2.24, 2.45) is 0 Å². The van der Waals surface area contributed by atoms with Gasteiger partial charge in [-0.15, -0.1) is 0 Å². The molecule has 0 aliphatic heterocycles. The highest BCUT2D eigenvalue weighted by Crippen LogP contribution is 2.19. The van der Waals surface area contributed by atoms with E-state index in [0.717, 1.165) is 0 Å². The lowest BCUT2D eigenvalue weighted by Gasteiger charge is -2.06. The van der Waals surface area contributed by atoms with Crippen LogP contribution in [0.15, 0.2) is 24.3 Å². The minimum absolute atomic E-state index is 0.689. The molecule has 0 aliphatic rings. The van der Waals surface area contributed by atoms with Gasteiger partial charge < -0.3 is 0 Å². The van der Waals surface area contributed by atoms with Crippen LogP contribution >= 0.6 is 0 Å². The van der Waals surface area contributed by atoms with Gasteiger partial charge in [-0.25, -0.2) is 17.2 Å². The molecule has 15 heavy (non-hydrogen) atoms. The maximum absolute atomic E-state index is 12.5. The maximum Gasteiger partial charge on any atom is 0.270 e. The fourth-order valence-electron chi connectivity index (χ4n) is 0.512. The van der Waals surface area contributed by atoms with Crippen LogP contribution in [0.1, 0.15) is 0 Å². The molecule has 9 heteroatoms. The minimum atomic E-state index is -5.38. The predicted molar refractivity (Wildman–Crippen MR) is 39.3 cm³/mol. The lowest BCUT2D eigenvalue weighted by Crippen LogP contribution is -2.23. The molecule has 0 aromatic heterocycles. The molecule has 0 N–H and O–H groups in total. The van der Waals surface area contributed by atoms with Gasteiger partial charge in [0.25, 0.3) is 12.2 Å². The molecule has 2 unspecified atom stereocenters. The highest BCUT2D eigenvalue weighted by Gasteiger charge is 2.33. The summed E-state index contributed by atoms with van der Waals surface area (Å²) in [5.41, 5.74) is -6.74. The molecule has 2 nitrogen and oxygen atoms in total. The van der Waals surface area contributed by atoms with Gasteiger partial charge >= 0.3 is 0 Å². The van der Waals surface area contributed by atoms with Gasteiger partial charge in [-0.2, -0.15) is 17.6 Å². The van der Waals surface area contributed by atoms with Crippen molar-refractivity contribution in [1.29, 1.82) is 0 Å². The average Bonchev–Trinajstić information content (AvgIpc) is 2.01. The Labute approximate surface area is 80.8 Å². The predicted octanol–water partition coefficient (Wildman–Crippen LogP) is 2.55. The number of hydrogen-bond acceptors (Lipinski definition) is 2. The van der Waals surface area contributed by atoms with Crippen molar-refractivity contribution in [3.8, 4) is 0 Å². The molecule has 0 aromatic carbocycles. The molecule has 0 fully saturated rings. The van der Waals surface area contributed by atoms with Crippen molar-refractivity contribution < 1.29 is 34.8 Å². The van der Waals surface area contributed by atoms with E-state index in [1.165, 1.54) is 0 Å². The number of alkyl halides is 2. The van der Waals surface area contributed by atoms with E-state index in [9.17, 15) is 34.8 Å². The van der Waals surface area contributed by atoms with Gasteiger partial charge in [0, 0.05) is 12.2 Å². The Hall–Kier alpha value is -0.990. The largest absolute Gasteiger partial charge is 0.270 e. The summed E-state index contributed by atoms with van der Waals surface area (Å²) >= 11 is 0. The van der Waals surface area contributed by atoms with Gasteiger partial charge in [-0.3, -0.25) is 0 Å². The zero-order chi connectivity index (χ0) is 12.2. The molecule has 0 heterocycles. The molecule has 0 spiro atoms. The van der Waals surface area contributed by atoms with Crippen molar-refractivity contribution in [3.63, 3.8) is 0 Å². The second kappa shape index (κ2) is 5.19. The van der Waals surface area contributed by atoms with Gasteiger partial charge in [0.1, 0.15) is 0 Å². The Kier molecular flexibility index (Phi) is 4.85. The fraction of sp³-hybridized carbons (Fsp3) is 0.333. The first-order valence-electron chi connectivity index (χ1n) is 3.24. The first-order chi connectivity index (χ1) is 6.67. The molecule has 2 atom stereocenters. The van der Waals surface area contributed by atoms with E-state index in [4.69, 9.17) is 0 Å². The Balaban J connectivity index is 5.00. The molecule has 0 saturated carbocycles. The van der Waals surface area contributed by atoms with Crippen molar-refractivity contribution in [1.82, 2.24) is 0 Å². The topological polar surface area (TPSA) is 34.1 Å². The third-order valence-electron chi connectivity index (χ3n) is 1.14. The van der Waals surface area contributed by atoms with Crippen LogP contribution in [0.25, 0.3) is 0 Å². The number of hydrogen-bond donors (Lipinski definition) is 0. The standard InChI is InChI=1S/C6H4F6O2S/c7-3(8)1-5(11)15(13,14)6(12)2-4(9)10/h1-2,5-6H. The van der Waals surface area contributed by atoms with E-state index in [2.05, 4.69) is 0 Å². The lowest BCUT2D eigenvalue weighted by atomic mass is 10.7. The quantitative estimate of drug-likeness (QED) is 0.722. The maximum atomic E-state index is 12.5. The van der Waals surface area contributed by atoms with Crippen molar-refractivity contribution in [2.75, 3.05) is 0 Å². The van der Waals surface area contributed by atoms with E-state index in [1.807, 2.05) is 0 Å². The zero-order valence-electron chi connectivity index (χ0n) is 6.80. The molecule has 0 bridgehead atoms. The number of halogens is 6. The monoisotopic (exact) mass is 254 g/mol. The number of sulfone groups is 1. The molecule has 0 aliphatic carbocycles. The SMILES string of the molecule is O=S(=O)(C(F)C=C(F)F)C(F)C=C(F)F. The van der Waals surface area contributed by atoms with Crippen LogP contribution in [0, 0.1) is 0 Å². The summed E-state index contributed by atoms with van der Waals surface area (Å²) in [7, 11) is -5.38. The molecular formula is C6H4F6O2S. The molecule has 88 valence electrons. The lowest BCUT2D eigenvalue weighted by molar-refractivity contribution is 0.380. The van der Waals surface area contributed by atoms with Crippen molar-refractivity contribution >= 4 is 9.84 Å². The molecule has 0 amide bonds. The second-order valence-corrected chi connectivity index (χ2v) is 4.28. The van der Waals surface area contributed by atoms with Gasteiger partial charge in [0.2, 0.25) is 20.8 Å². The zero-order valence-corrected chi connectivity index (χ0v) is 7.62.